The zero-order valence-corrected chi connectivity index (χ0v) is 13.7. The standard InChI is InChI=1S/C16H15F2NO4S/c1-10(14-8-5-12(17)9-15(14)18)23-16(20)11-3-6-13(7-4-11)24(21,22)19-2/h3-10,19H,1-2H3. The van der Waals surface area contributed by atoms with Crippen LogP contribution < -0.4 is 4.72 Å². The summed E-state index contributed by atoms with van der Waals surface area (Å²) in [7, 11) is -2.33. The van der Waals surface area contributed by atoms with Crippen molar-refractivity contribution in [2.45, 2.75) is 17.9 Å². The third-order valence-corrected chi connectivity index (χ3v) is 4.78. The van der Waals surface area contributed by atoms with E-state index in [0.717, 1.165) is 6.07 Å². The molecule has 8 heteroatoms. The fourth-order valence-electron chi connectivity index (χ4n) is 2.01. The molecular formula is C16H15F2NO4S. The average molecular weight is 355 g/mol. The molecule has 0 heterocycles. The number of hydrogen-bond acceptors (Lipinski definition) is 4. The van der Waals surface area contributed by atoms with Gasteiger partial charge in [0.05, 0.1) is 10.5 Å². The number of hydrogen-bond donors (Lipinski definition) is 1. The summed E-state index contributed by atoms with van der Waals surface area (Å²) in [5, 5.41) is 0. The Morgan fingerprint density at radius 2 is 1.75 bits per heavy atom. The quantitative estimate of drug-likeness (QED) is 0.837. The van der Waals surface area contributed by atoms with E-state index in [1.807, 2.05) is 0 Å². The molecule has 1 atom stereocenters. The summed E-state index contributed by atoms with van der Waals surface area (Å²) in [6.07, 6.45) is -0.932. The summed E-state index contributed by atoms with van der Waals surface area (Å²) >= 11 is 0. The van der Waals surface area contributed by atoms with E-state index < -0.39 is 33.7 Å². The van der Waals surface area contributed by atoms with Crippen molar-refractivity contribution >= 4 is 16.0 Å². The number of sulfonamides is 1. The number of nitrogens with one attached hydrogen (secondary N) is 1. The van der Waals surface area contributed by atoms with Crippen LogP contribution in [-0.2, 0) is 14.8 Å². The predicted molar refractivity (Wildman–Crippen MR) is 82.9 cm³/mol. The monoisotopic (exact) mass is 355 g/mol. The number of carbonyl (C=O) groups excluding carboxylic acids is 1. The van der Waals surface area contributed by atoms with Crippen LogP contribution in [0.15, 0.2) is 47.4 Å². The zero-order chi connectivity index (χ0) is 17.9. The van der Waals surface area contributed by atoms with Crippen molar-refractivity contribution in [3.63, 3.8) is 0 Å². The van der Waals surface area contributed by atoms with Crippen molar-refractivity contribution in [1.82, 2.24) is 4.72 Å². The first-order chi connectivity index (χ1) is 11.2. The summed E-state index contributed by atoms with van der Waals surface area (Å²) in [4.78, 5) is 12.1. The van der Waals surface area contributed by atoms with E-state index in [9.17, 15) is 22.0 Å². The van der Waals surface area contributed by atoms with Crippen molar-refractivity contribution < 1.29 is 26.7 Å². The Morgan fingerprint density at radius 3 is 2.29 bits per heavy atom. The topological polar surface area (TPSA) is 72.5 Å². The summed E-state index contributed by atoms with van der Waals surface area (Å²) < 4.78 is 57.1. The Kier molecular flexibility index (Phi) is 5.30. The largest absolute Gasteiger partial charge is 0.454 e. The number of benzene rings is 2. The van der Waals surface area contributed by atoms with Gasteiger partial charge in [0.25, 0.3) is 0 Å². The molecule has 5 nitrogen and oxygen atoms in total. The highest BCUT2D eigenvalue weighted by Crippen LogP contribution is 2.22. The maximum Gasteiger partial charge on any atom is 0.338 e. The van der Waals surface area contributed by atoms with Gasteiger partial charge in [-0.3, -0.25) is 0 Å². The van der Waals surface area contributed by atoms with Crippen LogP contribution in [0.25, 0.3) is 0 Å². The Bertz CT molecular complexity index is 851. The van der Waals surface area contributed by atoms with E-state index in [0.29, 0.717) is 6.07 Å². The van der Waals surface area contributed by atoms with Crippen LogP contribution in [0.3, 0.4) is 0 Å². The molecule has 0 aliphatic rings. The molecule has 0 aliphatic heterocycles. The SMILES string of the molecule is CNS(=O)(=O)c1ccc(C(=O)OC(C)c2ccc(F)cc2F)cc1. The van der Waals surface area contributed by atoms with Crippen molar-refractivity contribution in [3.05, 3.63) is 65.2 Å². The third-order valence-electron chi connectivity index (χ3n) is 3.35. The van der Waals surface area contributed by atoms with Gasteiger partial charge >= 0.3 is 5.97 Å². The molecule has 128 valence electrons. The van der Waals surface area contributed by atoms with Crippen LogP contribution in [0, 0.1) is 11.6 Å². The molecule has 2 aromatic carbocycles. The first kappa shape index (κ1) is 18.0. The first-order valence-corrected chi connectivity index (χ1v) is 8.42. The lowest BCUT2D eigenvalue weighted by atomic mass is 10.1. The molecule has 0 bridgehead atoms. The van der Waals surface area contributed by atoms with E-state index in [1.165, 1.54) is 44.3 Å². The van der Waals surface area contributed by atoms with Gasteiger partial charge in [-0.2, -0.15) is 0 Å². The molecule has 1 unspecified atom stereocenters. The number of esters is 1. The average Bonchev–Trinajstić information content (AvgIpc) is 2.54. The number of rotatable bonds is 5. The molecule has 1 N–H and O–H groups in total. The molecule has 24 heavy (non-hydrogen) atoms. The normalized spacial score (nSPS) is 12.7. The van der Waals surface area contributed by atoms with Crippen LogP contribution in [0.2, 0.25) is 0 Å². The Balaban J connectivity index is 2.15. The van der Waals surface area contributed by atoms with E-state index in [1.54, 1.807) is 0 Å². The second-order valence-corrected chi connectivity index (χ2v) is 6.83. The highest BCUT2D eigenvalue weighted by Gasteiger charge is 2.18. The van der Waals surface area contributed by atoms with Gasteiger partial charge in [0, 0.05) is 11.6 Å². The zero-order valence-electron chi connectivity index (χ0n) is 12.9. The maximum atomic E-state index is 13.7. The molecule has 0 amide bonds. The second-order valence-electron chi connectivity index (χ2n) is 4.95. The highest BCUT2D eigenvalue weighted by molar-refractivity contribution is 7.89. The Morgan fingerprint density at radius 1 is 1.12 bits per heavy atom. The molecule has 2 aromatic rings. The van der Waals surface area contributed by atoms with E-state index in [2.05, 4.69) is 4.72 Å². The minimum absolute atomic E-state index is 0.000762. The molecule has 0 saturated carbocycles. The minimum Gasteiger partial charge on any atom is -0.454 e. The molecule has 0 aromatic heterocycles. The molecule has 0 fully saturated rings. The maximum absolute atomic E-state index is 13.7. The predicted octanol–water partition coefficient (Wildman–Crippen LogP) is 2.79. The van der Waals surface area contributed by atoms with Crippen LogP contribution in [0.5, 0.6) is 0 Å². The van der Waals surface area contributed by atoms with Gasteiger partial charge in [0.15, 0.2) is 0 Å². The summed E-state index contributed by atoms with van der Waals surface area (Å²) in [5.41, 5.74) is 0.151. The van der Waals surface area contributed by atoms with Crippen LogP contribution in [0.4, 0.5) is 8.78 Å². The van der Waals surface area contributed by atoms with E-state index >= 15 is 0 Å². The Hall–Kier alpha value is -2.32. The van der Waals surface area contributed by atoms with Gasteiger partial charge in [0.2, 0.25) is 10.0 Å². The third kappa shape index (κ3) is 3.95. The second kappa shape index (κ2) is 7.06. The van der Waals surface area contributed by atoms with Crippen LogP contribution in [0.1, 0.15) is 28.9 Å². The molecule has 0 saturated heterocycles. The van der Waals surface area contributed by atoms with E-state index in [4.69, 9.17) is 4.74 Å². The number of carbonyl (C=O) groups is 1. The van der Waals surface area contributed by atoms with Crippen LogP contribution in [-0.4, -0.2) is 21.4 Å². The van der Waals surface area contributed by atoms with Crippen molar-refractivity contribution in [1.29, 1.82) is 0 Å². The Labute approximate surface area is 138 Å². The number of halogens is 2. The fourth-order valence-corrected chi connectivity index (χ4v) is 2.74. The van der Waals surface area contributed by atoms with Gasteiger partial charge in [-0.1, -0.05) is 0 Å². The van der Waals surface area contributed by atoms with Gasteiger partial charge in [-0.05, 0) is 50.4 Å². The molecular weight excluding hydrogens is 340 g/mol. The smallest absolute Gasteiger partial charge is 0.338 e. The summed E-state index contributed by atoms with van der Waals surface area (Å²) in [6.45, 7) is 1.45. The molecule has 0 aliphatic carbocycles. The summed E-state index contributed by atoms with van der Waals surface area (Å²) in [5.74, 6) is -2.29. The van der Waals surface area contributed by atoms with Crippen molar-refractivity contribution in [2.24, 2.45) is 0 Å². The lowest BCUT2D eigenvalue weighted by Gasteiger charge is -2.14. The van der Waals surface area contributed by atoms with Crippen LogP contribution >= 0.6 is 0 Å². The molecule has 0 spiro atoms. The summed E-state index contributed by atoms with van der Waals surface area (Å²) in [6, 6.07) is 8.07. The van der Waals surface area contributed by atoms with Crippen molar-refractivity contribution in [2.75, 3.05) is 7.05 Å². The van der Waals surface area contributed by atoms with Crippen molar-refractivity contribution in [3.8, 4) is 0 Å². The highest BCUT2D eigenvalue weighted by atomic mass is 32.2. The molecule has 2 rings (SSSR count). The van der Waals surface area contributed by atoms with Gasteiger partial charge in [-0.15, -0.1) is 0 Å². The first-order valence-electron chi connectivity index (χ1n) is 6.94. The van der Waals surface area contributed by atoms with Gasteiger partial charge in [0.1, 0.15) is 17.7 Å². The molecule has 0 radical (unpaired) electrons. The number of ether oxygens (including phenoxy) is 1. The minimum atomic E-state index is -3.60. The van der Waals surface area contributed by atoms with Gasteiger partial charge < -0.3 is 4.74 Å². The van der Waals surface area contributed by atoms with E-state index in [-0.39, 0.29) is 16.0 Å². The fraction of sp³-hybridized carbons (Fsp3) is 0.188. The lowest BCUT2D eigenvalue weighted by molar-refractivity contribution is 0.0331. The van der Waals surface area contributed by atoms with Gasteiger partial charge in [-0.25, -0.2) is 26.7 Å². The lowest BCUT2D eigenvalue weighted by Crippen LogP contribution is -2.18.